The zero-order chi connectivity index (χ0) is 17.1. The number of fused-ring (bicyclic) bond motifs is 1. The first-order valence-electron chi connectivity index (χ1n) is 7.43. The average molecular weight is 326 g/mol. The number of imidazole rings is 1. The second-order valence-electron chi connectivity index (χ2n) is 5.24. The number of methoxy groups -OCH3 is 1. The number of pyridine rings is 1. The molecule has 3 aromatic rings. The number of carbonyl (C=O) groups excluding carboxylic acids is 2. The molecule has 0 radical (unpaired) electrons. The maximum absolute atomic E-state index is 13.2. The Hall–Kier alpha value is -3.02. The van der Waals surface area contributed by atoms with Crippen LogP contribution in [0.25, 0.3) is 16.9 Å². The van der Waals surface area contributed by atoms with E-state index in [4.69, 9.17) is 0 Å². The summed E-state index contributed by atoms with van der Waals surface area (Å²) in [6, 6.07) is 11.2. The highest BCUT2D eigenvalue weighted by Gasteiger charge is 2.21. The summed E-state index contributed by atoms with van der Waals surface area (Å²) < 4.78 is 19.4. The molecular weight excluding hydrogens is 311 g/mol. The van der Waals surface area contributed by atoms with Crippen LogP contribution < -0.4 is 0 Å². The molecule has 0 atom stereocenters. The Morgan fingerprint density at radius 1 is 1.12 bits per heavy atom. The van der Waals surface area contributed by atoms with Gasteiger partial charge in [0.2, 0.25) is 0 Å². The molecule has 2 heterocycles. The summed E-state index contributed by atoms with van der Waals surface area (Å²) in [5.41, 5.74) is 2.09. The standard InChI is InChI=1S/C18H15FN2O3/c1-24-16(23)10-9-14(22)18-17(12-5-7-13(19)8-6-12)20-15-4-2-3-11-21(15)18/h2-8,11H,9-10H2,1H3. The summed E-state index contributed by atoms with van der Waals surface area (Å²) in [5, 5.41) is 0. The number of Topliss-reactive ketones (excluding diaryl/α,β-unsaturated/α-hetero) is 1. The van der Waals surface area contributed by atoms with Crippen molar-refractivity contribution in [2.75, 3.05) is 7.11 Å². The van der Waals surface area contributed by atoms with Crippen molar-refractivity contribution >= 4 is 17.4 Å². The number of ether oxygens (including phenoxy) is 1. The van der Waals surface area contributed by atoms with E-state index in [9.17, 15) is 14.0 Å². The van der Waals surface area contributed by atoms with Crippen molar-refractivity contribution in [3.63, 3.8) is 0 Å². The fourth-order valence-corrected chi connectivity index (χ4v) is 2.51. The van der Waals surface area contributed by atoms with E-state index in [1.807, 2.05) is 6.07 Å². The van der Waals surface area contributed by atoms with Crippen LogP contribution in [0.1, 0.15) is 23.3 Å². The zero-order valence-electron chi connectivity index (χ0n) is 13.0. The van der Waals surface area contributed by atoms with Gasteiger partial charge in [0.25, 0.3) is 0 Å². The molecule has 0 saturated heterocycles. The number of hydrogen-bond acceptors (Lipinski definition) is 4. The molecule has 122 valence electrons. The number of carbonyl (C=O) groups is 2. The molecule has 0 unspecified atom stereocenters. The van der Waals surface area contributed by atoms with Gasteiger partial charge in [-0.3, -0.25) is 14.0 Å². The minimum absolute atomic E-state index is 0.00173. The Balaban J connectivity index is 2.07. The summed E-state index contributed by atoms with van der Waals surface area (Å²) in [5.74, 6) is -1.03. The van der Waals surface area contributed by atoms with Crippen molar-refractivity contribution in [2.24, 2.45) is 0 Å². The molecule has 3 rings (SSSR count). The van der Waals surface area contributed by atoms with Gasteiger partial charge in [0.15, 0.2) is 5.78 Å². The molecule has 0 aliphatic carbocycles. The summed E-state index contributed by atoms with van der Waals surface area (Å²) in [4.78, 5) is 28.4. The Morgan fingerprint density at radius 2 is 1.88 bits per heavy atom. The van der Waals surface area contributed by atoms with Gasteiger partial charge in [0.1, 0.15) is 22.9 Å². The molecule has 0 aliphatic heterocycles. The molecular formula is C18H15FN2O3. The smallest absolute Gasteiger partial charge is 0.305 e. The lowest BCUT2D eigenvalue weighted by atomic mass is 10.1. The summed E-state index contributed by atoms with van der Waals surface area (Å²) in [6.07, 6.45) is 1.75. The molecule has 0 bridgehead atoms. The first-order valence-corrected chi connectivity index (χ1v) is 7.43. The molecule has 0 spiro atoms. The highest BCUT2D eigenvalue weighted by atomic mass is 19.1. The predicted octanol–water partition coefficient (Wildman–Crippen LogP) is 3.28. The third-order valence-corrected chi connectivity index (χ3v) is 3.70. The zero-order valence-corrected chi connectivity index (χ0v) is 13.0. The number of hydrogen-bond donors (Lipinski definition) is 0. The maximum Gasteiger partial charge on any atom is 0.305 e. The number of benzene rings is 1. The topological polar surface area (TPSA) is 60.7 Å². The van der Waals surface area contributed by atoms with Crippen molar-refractivity contribution in [1.82, 2.24) is 9.38 Å². The SMILES string of the molecule is COC(=O)CCC(=O)c1c(-c2ccc(F)cc2)nc2ccccn12. The predicted molar refractivity (Wildman–Crippen MR) is 86.2 cm³/mol. The van der Waals surface area contributed by atoms with Gasteiger partial charge in [-0.1, -0.05) is 6.07 Å². The van der Waals surface area contributed by atoms with Gasteiger partial charge < -0.3 is 4.74 Å². The van der Waals surface area contributed by atoms with Crippen LogP contribution in [0.3, 0.4) is 0 Å². The van der Waals surface area contributed by atoms with Crippen LogP contribution in [0, 0.1) is 5.82 Å². The van der Waals surface area contributed by atoms with Crippen LogP contribution in [0.2, 0.25) is 0 Å². The molecule has 0 saturated carbocycles. The van der Waals surface area contributed by atoms with Crippen LogP contribution in [0.4, 0.5) is 4.39 Å². The van der Waals surface area contributed by atoms with E-state index in [2.05, 4.69) is 9.72 Å². The van der Waals surface area contributed by atoms with Crippen molar-refractivity contribution in [3.05, 3.63) is 60.2 Å². The number of nitrogens with zero attached hydrogens (tertiary/aromatic N) is 2. The van der Waals surface area contributed by atoms with E-state index < -0.39 is 5.97 Å². The monoisotopic (exact) mass is 326 g/mol. The lowest BCUT2D eigenvalue weighted by Gasteiger charge is -2.04. The Kier molecular flexibility index (Phi) is 4.37. The molecule has 0 fully saturated rings. The van der Waals surface area contributed by atoms with Crippen LogP contribution in [0.15, 0.2) is 48.7 Å². The van der Waals surface area contributed by atoms with E-state index in [-0.39, 0.29) is 24.4 Å². The van der Waals surface area contributed by atoms with Crippen LogP contribution in [0.5, 0.6) is 0 Å². The summed E-state index contributed by atoms with van der Waals surface area (Å²) in [7, 11) is 1.28. The lowest BCUT2D eigenvalue weighted by molar-refractivity contribution is -0.140. The minimum atomic E-state index is -0.444. The Labute approximate surface area is 137 Å². The Bertz CT molecular complexity index is 900. The molecule has 0 amide bonds. The fourth-order valence-electron chi connectivity index (χ4n) is 2.51. The van der Waals surface area contributed by atoms with Crippen molar-refractivity contribution < 1.29 is 18.7 Å². The van der Waals surface area contributed by atoms with Crippen LogP contribution in [-0.4, -0.2) is 28.2 Å². The van der Waals surface area contributed by atoms with Gasteiger partial charge in [0, 0.05) is 18.2 Å². The largest absolute Gasteiger partial charge is 0.469 e. The Morgan fingerprint density at radius 3 is 2.58 bits per heavy atom. The highest BCUT2D eigenvalue weighted by Crippen LogP contribution is 2.26. The molecule has 1 aromatic carbocycles. The average Bonchev–Trinajstić information content (AvgIpc) is 2.99. The van der Waals surface area contributed by atoms with E-state index >= 15 is 0 Å². The van der Waals surface area contributed by atoms with Gasteiger partial charge in [-0.05, 0) is 36.4 Å². The fraction of sp³-hybridized carbons (Fsp3) is 0.167. The summed E-state index contributed by atoms with van der Waals surface area (Å²) in [6.45, 7) is 0. The molecule has 5 nitrogen and oxygen atoms in total. The first kappa shape index (κ1) is 15.9. The van der Waals surface area contributed by atoms with E-state index in [1.54, 1.807) is 34.9 Å². The highest BCUT2D eigenvalue weighted by molar-refractivity contribution is 6.02. The number of halogens is 1. The van der Waals surface area contributed by atoms with Crippen molar-refractivity contribution in [2.45, 2.75) is 12.8 Å². The van der Waals surface area contributed by atoms with Gasteiger partial charge in [-0.25, -0.2) is 9.37 Å². The quantitative estimate of drug-likeness (QED) is 0.533. The molecule has 24 heavy (non-hydrogen) atoms. The number of esters is 1. The van der Waals surface area contributed by atoms with Crippen molar-refractivity contribution in [3.8, 4) is 11.3 Å². The number of ketones is 1. The van der Waals surface area contributed by atoms with E-state index in [0.29, 0.717) is 22.6 Å². The van der Waals surface area contributed by atoms with Gasteiger partial charge in [-0.2, -0.15) is 0 Å². The molecule has 0 N–H and O–H groups in total. The van der Waals surface area contributed by atoms with Gasteiger partial charge in [0.05, 0.1) is 13.5 Å². The number of aromatic nitrogens is 2. The van der Waals surface area contributed by atoms with Gasteiger partial charge in [-0.15, -0.1) is 0 Å². The normalized spacial score (nSPS) is 10.8. The van der Waals surface area contributed by atoms with E-state index in [0.717, 1.165) is 0 Å². The second kappa shape index (κ2) is 6.62. The molecule has 2 aromatic heterocycles. The molecule has 0 aliphatic rings. The molecule has 6 heteroatoms. The van der Waals surface area contributed by atoms with Gasteiger partial charge >= 0.3 is 5.97 Å². The van der Waals surface area contributed by atoms with Crippen molar-refractivity contribution in [1.29, 1.82) is 0 Å². The maximum atomic E-state index is 13.2. The second-order valence-corrected chi connectivity index (χ2v) is 5.24. The minimum Gasteiger partial charge on any atom is -0.469 e. The lowest BCUT2D eigenvalue weighted by Crippen LogP contribution is -2.09. The summed E-state index contributed by atoms with van der Waals surface area (Å²) >= 11 is 0. The van der Waals surface area contributed by atoms with Crippen LogP contribution >= 0.6 is 0 Å². The third-order valence-electron chi connectivity index (χ3n) is 3.70. The first-order chi connectivity index (χ1) is 11.6. The number of rotatable bonds is 5. The van der Waals surface area contributed by atoms with Crippen LogP contribution in [-0.2, 0) is 9.53 Å². The third kappa shape index (κ3) is 3.03. The van der Waals surface area contributed by atoms with E-state index in [1.165, 1.54) is 19.2 Å².